The lowest BCUT2D eigenvalue weighted by Crippen LogP contribution is -2.62. The van der Waals surface area contributed by atoms with Crippen molar-refractivity contribution < 1.29 is 38.7 Å². The van der Waals surface area contributed by atoms with Crippen LogP contribution in [0, 0.1) is 0 Å². The number of carbonyl (C=O) groups excluding carboxylic acids is 1. The van der Waals surface area contributed by atoms with E-state index in [-0.39, 0.29) is 12.6 Å². The lowest BCUT2D eigenvalue weighted by Gasteiger charge is -2.45. The maximum absolute atomic E-state index is 11.8. The molecule has 2 fully saturated rings. The van der Waals surface area contributed by atoms with Gasteiger partial charge in [-0.3, -0.25) is 0 Å². The Bertz CT molecular complexity index is 602. The Hall–Kier alpha value is -1.55. The number of rotatable bonds is 5. The topological polar surface area (TPSA) is 104 Å². The highest BCUT2D eigenvalue weighted by Gasteiger charge is 2.49. The van der Waals surface area contributed by atoms with Crippen LogP contribution >= 0.6 is 0 Å². The van der Waals surface area contributed by atoms with E-state index in [2.05, 4.69) is 0 Å². The van der Waals surface area contributed by atoms with Crippen LogP contribution < -0.4 is 0 Å². The molecular formula is C18H24O8. The van der Waals surface area contributed by atoms with Crippen LogP contribution in [0.4, 0.5) is 0 Å². The van der Waals surface area contributed by atoms with E-state index in [1.807, 2.05) is 6.92 Å². The van der Waals surface area contributed by atoms with Crippen molar-refractivity contribution in [2.24, 2.45) is 0 Å². The van der Waals surface area contributed by atoms with E-state index in [0.29, 0.717) is 17.7 Å². The molecule has 0 bridgehead atoms. The molecule has 26 heavy (non-hydrogen) atoms. The smallest absolute Gasteiger partial charge is 0.338 e. The number of hydrogen-bond donors (Lipinski definition) is 2. The summed E-state index contributed by atoms with van der Waals surface area (Å²) in [4.78, 5) is 11.8. The summed E-state index contributed by atoms with van der Waals surface area (Å²) in [5.41, 5.74) is 1.13. The predicted molar refractivity (Wildman–Crippen MR) is 88.3 cm³/mol. The van der Waals surface area contributed by atoms with Crippen molar-refractivity contribution in [3.8, 4) is 0 Å². The summed E-state index contributed by atoms with van der Waals surface area (Å²) >= 11 is 0. The fraction of sp³-hybridized carbons (Fsp3) is 0.611. The van der Waals surface area contributed by atoms with Gasteiger partial charge in [-0.25, -0.2) is 4.79 Å². The van der Waals surface area contributed by atoms with Crippen LogP contribution in [0.3, 0.4) is 0 Å². The Kier molecular flexibility index (Phi) is 6.23. The number of benzene rings is 1. The largest absolute Gasteiger partial charge is 0.462 e. The molecule has 0 radical (unpaired) electrons. The van der Waals surface area contributed by atoms with Crippen molar-refractivity contribution in [2.45, 2.75) is 50.3 Å². The number of hydrogen-bond acceptors (Lipinski definition) is 8. The van der Waals surface area contributed by atoms with E-state index < -0.39 is 37.0 Å². The minimum atomic E-state index is -1.21. The summed E-state index contributed by atoms with van der Waals surface area (Å²) < 4.78 is 27.1. The molecule has 0 saturated carbocycles. The van der Waals surface area contributed by atoms with Gasteiger partial charge in [0.05, 0.1) is 18.8 Å². The number of aliphatic hydroxyl groups excluding tert-OH is 2. The van der Waals surface area contributed by atoms with E-state index in [9.17, 15) is 15.0 Å². The van der Waals surface area contributed by atoms with Crippen LogP contribution in [0.25, 0.3) is 0 Å². The van der Waals surface area contributed by atoms with Gasteiger partial charge in [-0.2, -0.15) is 0 Å². The van der Waals surface area contributed by atoms with E-state index in [0.717, 1.165) is 6.42 Å². The number of esters is 1. The Morgan fingerprint density at radius 1 is 1.19 bits per heavy atom. The van der Waals surface area contributed by atoms with Gasteiger partial charge in [-0.05, 0) is 18.6 Å². The standard InChI is InChI=1S/C18H24O8/c1-3-8-23-16(21)10-4-6-11(7-5-10)17-24-9-12-15(26-17)13(19)14(20)18(22-2)25-12/h4-7,12-15,17-20H,3,8-9H2,1-2H3/t12-,13-,14-,15-,17?,18+/m1/s1. The highest BCUT2D eigenvalue weighted by molar-refractivity contribution is 5.89. The Labute approximate surface area is 151 Å². The first-order valence-electron chi connectivity index (χ1n) is 8.63. The van der Waals surface area contributed by atoms with Crippen molar-refractivity contribution in [3.63, 3.8) is 0 Å². The van der Waals surface area contributed by atoms with Gasteiger partial charge in [0.25, 0.3) is 0 Å². The number of aliphatic hydroxyl groups is 2. The van der Waals surface area contributed by atoms with Crippen molar-refractivity contribution in [2.75, 3.05) is 20.3 Å². The van der Waals surface area contributed by atoms with Crippen LogP contribution in [0.15, 0.2) is 24.3 Å². The average molecular weight is 368 g/mol. The van der Waals surface area contributed by atoms with Crippen LogP contribution in [0.1, 0.15) is 35.6 Å². The van der Waals surface area contributed by atoms with E-state index >= 15 is 0 Å². The Morgan fingerprint density at radius 3 is 2.58 bits per heavy atom. The van der Waals surface area contributed by atoms with Gasteiger partial charge in [0.1, 0.15) is 24.4 Å². The van der Waals surface area contributed by atoms with E-state index in [1.54, 1.807) is 24.3 Å². The minimum absolute atomic E-state index is 0.180. The SMILES string of the molecule is CCCOC(=O)c1ccc(C2OC[C@H]3O[C@H](OC)[C@H](O)[C@@H](O)[C@@H]3O2)cc1. The van der Waals surface area contributed by atoms with Crippen LogP contribution in [0.5, 0.6) is 0 Å². The molecule has 144 valence electrons. The normalized spacial score (nSPS) is 34.2. The fourth-order valence-corrected chi connectivity index (χ4v) is 3.00. The molecule has 0 aliphatic carbocycles. The second-order valence-electron chi connectivity index (χ2n) is 6.28. The van der Waals surface area contributed by atoms with Crippen molar-refractivity contribution in [1.82, 2.24) is 0 Å². The fourth-order valence-electron chi connectivity index (χ4n) is 3.00. The molecule has 0 spiro atoms. The molecule has 8 heteroatoms. The van der Waals surface area contributed by atoms with Gasteiger partial charge < -0.3 is 33.9 Å². The van der Waals surface area contributed by atoms with Gasteiger partial charge >= 0.3 is 5.97 Å². The molecule has 1 unspecified atom stereocenters. The highest BCUT2D eigenvalue weighted by atomic mass is 16.7. The molecule has 2 heterocycles. The number of ether oxygens (including phenoxy) is 5. The molecule has 8 nitrogen and oxygen atoms in total. The molecule has 0 amide bonds. The molecular weight excluding hydrogens is 344 g/mol. The second kappa shape index (κ2) is 8.43. The maximum Gasteiger partial charge on any atom is 0.338 e. The number of carbonyl (C=O) groups is 1. The van der Waals surface area contributed by atoms with Gasteiger partial charge in [-0.1, -0.05) is 19.1 Å². The van der Waals surface area contributed by atoms with Gasteiger partial charge in [0, 0.05) is 12.7 Å². The lowest BCUT2D eigenvalue weighted by molar-refractivity contribution is -0.358. The molecule has 2 saturated heterocycles. The van der Waals surface area contributed by atoms with Crippen molar-refractivity contribution in [1.29, 1.82) is 0 Å². The minimum Gasteiger partial charge on any atom is -0.462 e. The van der Waals surface area contributed by atoms with Crippen LogP contribution in [-0.2, 0) is 23.7 Å². The van der Waals surface area contributed by atoms with E-state index in [4.69, 9.17) is 23.7 Å². The molecule has 1 aromatic rings. The first-order chi connectivity index (χ1) is 12.5. The monoisotopic (exact) mass is 368 g/mol. The molecule has 2 aliphatic heterocycles. The molecule has 1 aromatic carbocycles. The summed E-state index contributed by atoms with van der Waals surface area (Å²) in [7, 11) is 1.39. The molecule has 6 atom stereocenters. The second-order valence-corrected chi connectivity index (χ2v) is 6.28. The zero-order valence-corrected chi connectivity index (χ0v) is 14.7. The summed E-state index contributed by atoms with van der Waals surface area (Å²) in [6, 6.07) is 6.68. The maximum atomic E-state index is 11.8. The zero-order valence-electron chi connectivity index (χ0n) is 14.7. The Morgan fingerprint density at radius 2 is 1.92 bits per heavy atom. The lowest BCUT2D eigenvalue weighted by atomic mass is 9.98. The molecule has 3 rings (SSSR count). The number of methoxy groups -OCH3 is 1. The summed E-state index contributed by atoms with van der Waals surface area (Å²) in [6.07, 6.45) is -4.56. The third kappa shape index (κ3) is 3.90. The first-order valence-corrected chi connectivity index (χ1v) is 8.63. The Balaban J connectivity index is 1.65. The van der Waals surface area contributed by atoms with Crippen molar-refractivity contribution in [3.05, 3.63) is 35.4 Å². The molecule has 2 aliphatic rings. The highest BCUT2D eigenvalue weighted by Crippen LogP contribution is 2.34. The summed E-state index contributed by atoms with van der Waals surface area (Å²) in [5.74, 6) is -0.381. The van der Waals surface area contributed by atoms with Crippen LogP contribution in [0.2, 0.25) is 0 Å². The quantitative estimate of drug-likeness (QED) is 0.734. The van der Waals surface area contributed by atoms with E-state index in [1.165, 1.54) is 7.11 Å². The van der Waals surface area contributed by atoms with Gasteiger partial charge in [-0.15, -0.1) is 0 Å². The third-order valence-electron chi connectivity index (χ3n) is 4.42. The average Bonchev–Trinajstić information content (AvgIpc) is 2.68. The number of fused-ring (bicyclic) bond motifs is 1. The summed E-state index contributed by atoms with van der Waals surface area (Å²) in [5, 5.41) is 20.3. The molecule has 0 aromatic heterocycles. The summed E-state index contributed by atoms with van der Waals surface area (Å²) in [6.45, 7) is 2.48. The van der Waals surface area contributed by atoms with Crippen LogP contribution in [-0.4, -0.2) is 67.2 Å². The third-order valence-corrected chi connectivity index (χ3v) is 4.42. The zero-order chi connectivity index (χ0) is 18.7. The first kappa shape index (κ1) is 19.2. The van der Waals surface area contributed by atoms with Gasteiger partial charge in [0.15, 0.2) is 12.6 Å². The van der Waals surface area contributed by atoms with Gasteiger partial charge in [0.2, 0.25) is 0 Å². The molecule has 2 N–H and O–H groups in total. The van der Waals surface area contributed by atoms with Crippen molar-refractivity contribution >= 4 is 5.97 Å². The predicted octanol–water partition coefficient (Wildman–Crippen LogP) is 0.760.